The Bertz CT molecular complexity index is 1220. The molecule has 0 aliphatic heterocycles. The summed E-state index contributed by atoms with van der Waals surface area (Å²) in [5.74, 6) is -0.964. The lowest BCUT2D eigenvalue weighted by Crippen LogP contribution is -2.30. The van der Waals surface area contributed by atoms with Gasteiger partial charge in [-0.15, -0.1) is 0 Å². The molecule has 0 radical (unpaired) electrons. The molecule has 0 spiro atoms. The van der Waals surface area contributed by atoms with Gasteiger partial charge in [0, 0.05) is 19.3 Å². The minimum Gasteiger partial charge on any atom is -0.462 e. The number of esters is 3. The van der Waals surface area contributed by atoms with Crippen LogP contribution in [0, 0.1) is 0 Å². The van der Waals surface area contributed by atoms with Gasteiger partial charge >= 0.3 is 17.9 Å². The zero-order chi connectivity index (χ0) is 51.4. The summed E-state index contributed by atoms with van der Waals surface area (Å²) in [6.07, 6.45) is 75.1. The smallest absolute Gasteiger partial charge is 0.306 e. The number of hydrogen-bond donors (Lipinski definition) is 0. The van der Waals surface area contributed by atoms with E-state index in [9.17, 15) is 14.4 Å². The molecule has 0 aromatic rings. The van der Waals surface area contributed by atoms with Crippen molar-refractivity contribution < 1.29 is 28.6 Å². The number of hydrogen-bond acceptors (Lipinski definition) is 6. The first-order valence-corrected chi connectivity index (χ1v) is 30.8. The van der Waals surface area contributed by atoms with E-state index in [0.717, 1.165) is 64.2 Å². The zero-order valence-corrected chi connectivity index (χ0v) is 47.2. The van der Waals surface area contributed by atoms with Crippen LogP contribution in [0.1, 0.15) is 316 Å². The molecule has 0 rings (SSSR count). The standard InChI is InChI=1S/C65H116O6/c1-4-7-10-13-16-19-22-25-28-31-32-35-38-41-44-47-50-53-56-59-65(68)71-62(60-69-63(66)57-54-51-48-45-42-39-36-33-29-26-23-20-17-14-11-8-5-2)61-70-64(67)58-55-52-49-46-43-40-37-34-30-27-24-21-18-15-12-9-6-3/h16,19,25,28,32,35,41,44,50,53,62H,4-15,17-18,20-24,26-27,29-31,33-34,36-40,42-43,45-49,51-52,54-61H2,1-3H3/b19-16-,28-25-,35-32-,44-41-,53-50-. The van der Waals surface area contributed by atoms with Gasteiger partial charge in [-0.2, -0.15) is 0 Å². The van der Waals surface area contributed by atoms with E-state index in [1.807, 2.05) is 6.08 Å². The van der Waals surface area contributed by atoms with Gasteiger partial charge in [0.2, 0.25) is 0 Å². The molecule has 0 aliphatic carbocycles. The molecule has 0 amide bonds. The SMILES string of the molecule is CCCCC/C=C\C/C=C\C/C=C\C/C=C\C/C=C\CCC(=O)OC(COC(=O)CCCCCCCCCCCCCCCCCCC)COC(=O)CCCCCCCCCCCCCCCCCCC. The van der Waals surface area contributed by atoms with Crippen LogP contribution in [0.4, 0.5) is 0 Å². The Morgan fingerprint density at radius 1 is 0.282 bits per heavy atom. The molecule has 0 bridgehead atoms. The van der Waals surface area contributed by atoms with Crippen molar-refractivity contribution in [2.45, 2.75) is 322 Å². The van der Waals surface area contributed by atoms with Gasteiger partial charge in [-0.05, 0) is 57.8 Å². The van der Waals surface area contributed by atoms with Crippen LogP contribution in [0.25, 0.3) is 0 Å². The minimum atomic E-state index is -0.811. The fraction of sp³-hybridized carbons (Fsp3) is 0.800. The normalized spacial score (nSPS) is 12.1. The summed E-state index contributed by atoms with van der Waals surface area (Å²) in [7, 11) is 0. The predicted molar refractivity (Wildman–Crippen MR) is 307 cm³/mol. The van der Waals surface area contributed by atoms with E-state index in [1.54, 1.807) is 0 Å². The van der Waals surface area contributed by atoms with Gasteiger partial charge in [-0.25, -0.2) is 0 Å². The fourth-order valence-electron chi connectivity index (χ4n) is 8.90. The number of unbranched alkanes of at least 4 members (excludes halogenated alkanes) is 35. The van der Waals surface area contributed by atoms with Crippen molar-refractivity contribution in [3.8, 4) is 0 Å². The largest absolute Gasteiger partial charge is 0.462 e. The first kappa shape index (κ1) is 68.1. The summed E-state index contributed by atoms with van der Waals surface area (Å²) in [5, 5.41) is 0. The van der Waals surface area contributed by atoms with Crippen molar-refractivity contribution in [1.82, 2.24) is 0 Å². The Morgan fingerprint density at radius 2 is 0.535 bits per heavy atom. The first-order chi connectivity index (χ1) is 35.0. The number of rotatable bonds is 56. The van der Waals surface area contributed by atoms with Crippen LogP contribution in [0.5, 0.6) is 0 Å². The van der Waals surface area contributed by atoms with Gasteiger partial charge in [-0.1, -0.05) is 300 Å². The lowest BCUT2D eigenvalue weighted by molar-refractivity contribution is -0.166. The molecule has 412 valence electrons. The van der Waals surface area contributed by atoms with Gasteiger partial charge in [0.05, 0.1) is 0 Å². The lowest BCUT2D eigenvalue weighted by Gasteiger charge is -2.18. The van der Waals surface area contributed by atoms with Crippen molar-refractivity contribution >= 4 is 17.9 Å². The maximum atomic E-state index is 12.9. The van der Waals surface area contributed by atoms with E-state index in [2.05, 4.69) is 75.5 Å². The Labute approximate surface area is 440 Å². The van der Waals surface area contributed by atoms with Crippen LogP contribution in [-0.4, -0.2) is 37.2 Å². The van der Waals surface area contributed by atoms with Crippen molar-refractivity contribution in [3.63, 3.8) is 0 Å². The van der Waals surface area contributed by atoms with Crippen LogP contribution in [-0.2, 0) is 28.6 Å². The highest BCUT2D eigenvalue weighted by Gasteiger charge is 2.19. The van der Waals surface area contributed by atoms with Crippen LogP contribution in [0.15, 0.2) is 60.8 Å². The van der Waals surface area contributed by atoms with Crippen LogP contribution >= 0.6 is 0 Å². The second-order valence-electron chi connectivity index (χ2n) is 20.6. The van der Waals surface area contributed by atoms with Crippen molar-refractivity contribution in [1.29, 1.82) is 0 Å². The molecule has 71 heavy (non-hydrogen) atoms. The average Bonchev–Trinajstić information content (AvgIpc) is 3.37. The molecule has 0 saturated carbocycles. The molecule has 0 heterocycles. The second-order valence-corrected chi connectivity index (χ2v) is 20.6. The topological polar surface area (TPSA) is 78.9 Å². The van der Waals surface area contributed by atoms with Crippen LogP contribution < -0.4 is 0 Å². The quantitative estimate of drug-likeness (QED) is 0.0261. The molecule has 0 aromatic heterocycles. The molecule has 0 saturated heterocycles. The van der Waals surface area contributed by atoms with Gasteiger partial charge in [0.25, 0.3) is 0 Å². The predicted octanol–water partition coefficient (Wildman–Crippen LogP) is 20.8. The number of carbonyl (C=O) groups excluding carboxylic acids is 3. The summed E-state index contributed by atoms with van der Waals surface area (Å²) in [6.45, 7) is 6.60. The van der Waals surface area contributed by atoms with Crippen molar-refractivity contribution in [2.24, 2.45) is 0 Å². The summed E-state index contributed by atoms with van der Waals surface area (Å²) in [4.78, 5) is 38.2. The average molecular weight is 994 g/mol. The van der Waals surface area contributed by atoms with Gasteiger partial charge in [0.15, 0.2) is 6.10 Å². The van der Waals surface area contributed by atoms with Crippen LogP contribution in [0.3, 0.4) is 0 Å². The minimum absolute atomic E-state index is 0.0994. The summed E-state index contributed by atoms with van der Waals surface area (Å²) in [6, 6.07) is 0. The van der Waals surface area contributed by atoms with E-state index >= 15 is 0 Å². The zero-order valence-electron chi connectivity index (χ0n) is 47.2. The second kappa shape index (κ2) is 59.7. The summed E-state index contributed by atoms with van der Waals surface area (Å²) >= 11 is 0. The number of allylic oxidation sites excluding steroid dienone is 10. The fourth-order valence-corrected chi connectivity index (χ4v) is 8.90. The molecule has 0 unspecified atom stereocenters. The Hall–Kier alpha value is -2.89. The third-order valence-electron chi connectivity index (χ3n) is 13.5. The molecule has 6 heteroatoms. The first-order valence-electron chi connectivity index (χ1n) is 30.8. The maximum Gasteiger partial charge on any atom is 0.306 e. The number of carbonyl (C=O) groups is 3. The third kappa shape index (κ3) is 57.9. The molecule has 0 N–H and O–H groups in total. The highest BCUT2D eigenvalue weighted by molar-refractivity contribution is 5.71. The lowest BCUT2D eigenvalue weighted by atomic mass is 10.0. The van der Waals surface area contributed by atoms with Crippen molar-refractivity contribution in [3.05, 3.63) is 60.8 Å². The van der Waals surface area contributed by atoms with E-state index in [0.29, 0.717) is 19.3 Å². The molecule has 0 atom stereocenters. The molecular formula is C65H116O6. The van der Waals surface area contributed by atoms with Gasteiger partial charge in [0.1, 0.15) is 13.2 Å². The molecular weight excluding hydrogens is 877 g/mol. The molecule has 0 aliphatic rings. The molecule has 0 aromatic carbocycles. The van der Waals surface area contributed by atoms with Crippen molar-refractivity contribution in [2.75, 3.05) is 13.2 Å². The third-order valence-corrected chi connectivity index (χ3v) is 13.5. The Morgan fingerprint density at radius 3 is 0.845 bits per heavy atom. The molecule has 0 fully saturated rings. The van der Waals surface area contributed by atoms with Gasteiger partial charge < -0.3 is 14.2 Å². The Balaban J connectivity index is 4.45. The van der Waals surface area contributed by atoms with E-state index in [1.165, 1.54) is 205 Å². The highest BCUT2D eigenvalue weighted by atomic mass is 16.6. The van der Waals surface area contributed by atoms with E-state index in [4.69, 9.17) is 14.2 Å². The monoisotopic (exact) mass is 993 g/mol. The highest BCUT2D eigenvalue weighted by Crippen LogP contribution is 2.17. The molecule has 6 nitrogen and oxygen atoms in total. The van der Waals surface area contributed by atoms with Crippen LogP contribution in [0.2, 0.25) is 0 Å². The maximum absolute atomic E-state index is 12.9. The van der Waals surface area contributed by atoms with E-state index in [-0.39, 0.29) is 37.5 Å². The summed E-state index contributed by atoms with van der Waals surface area (Å²) in [5.41, 5.74) is 0. The van der Waals surface area contributed by atoms with E-state index < -0.39 is 6.10 Å². The number of ether oxygens (including phenoxy) is 3. The summed E-state index contributed by atoms with van der Waals surface area (Å²) < 4.78 is 16.8. The Kier molecular flexibility index (Phi) is 57.2. The van der Waals surface area contributed by atoms with Gasteiger partial charge in [-0.3, -0.25) is 14.4 Å².